The standard InChI is InChI=1S/C48H37N3S/c1-33-24-27-39(51(38-16-7-4-8-17-38)46-31-48-42(30-34(46)2)41-19-10-12-23-47(41)52-48)32-50(45-22-11-9-18-40(33)45)37-28-25-36(26-29-37)44-21-13-20-43(49-44)35-14-5-3-6-15-35/h3-32,43,49H,1H2,2H3/b27-24-,39-32+. The van der Waals surface area contributed by atoms with E-state index in [-0.39, 0.29) is 6.04 Å². The number of nitrogens with one attached hydrogen (secondary N) is 1. The van der Waals surface area contributed by atoms with Gasteiger partial charge in [0.25, 0.3) is 0 Å². The van der Waals surface area contributed by atoms with E-state index in [9.17, 15) is 0 Å². The number of rotatable bonds is 6. The average Bonchev–Trinajstić information content (AvgIpc) is 3.56. The molecule has 1 unspecified atom stereocenters. The summed E-state index contributed by atoms with van der Waals surface area (Å²) in [5, 5.41) is 6.34. The Labute approximate surface area is 309 Å². The van der Waals surface area contributed by atoms with Gasteiger partial charge in [0.05, 0.1) is 23.1 Å². The number of nitrogens with zero attached hydrogens (tertiary/aromatic N) is 2. The number of benzene rings is 6. The van der Waals surface area contributed by atoms with Crippen LogP contribution in [0.5, 0.6) is 0 Å². The van der Waals surface area contributed by atoms with Crippen LogP contribution in [0.15, 0.2) is 194 Å². The lowest BCUT2D eigenvalue weighted by Crippen LogP contribution is -2.22. The van der Waals surface area contributed by atoms with Gasteiger partial charge in [-0.3, -0.25) is 0 Å². The van der Waals surface area contributed by atoms with Crippen LogP contribution in [0.3, 0.4) is 0 Å². The molecule has 6 aromatic carbocycles. The highest BCUT2D eigenvalue weighted by atomic mass is 32.1. The van der Waals surface area contributed by atoms with E-state index in [1.54, 1.807) is 0 Å². The quantitative estimate of drug-likeness (QED) is 0.188. The van der Waals surface area contributed by atoms with Gasteiger partial charge in [0.1, 0.15) is 0 Å². The Hall–Kier alpha value is -6.36. The molecule has 9 rings (SSSR count). The van der Waals surface area contributed by atoms with Gasteiger partial charge in [0.15, 0.2) is 0 Å². The minimum Gasteiger partial charge on any atom is -0.374 e. The topological polar surface area (TPSA) is 18.5 Å². The second kappa shape index (κ2) is 13.4. The first-order valence-electron chi connectivity index (χ1n) is 17.7. The van der Waals surface area contributed by atoms with Gasteiger partial charge >= 0.3 is 0 Å². The molecule has 2 aliphatic rings. The second-order valence-electron chi connectivity index (χ2n) is 13.2. The summed E-state index contributed by atoms with van der Waals surface area (Å²) in [6.07, 6.45) is 13.1. The first-order chi connectivity index (χ1) is 25.6. The van der Waals surface area contributed by atoms with Crippen molar-refractivity contribution in [2.75, 3.05) is 9.80 Å². The zero-order valence-corrected chi connectivity index (χ0v) is 29.7. The summed E-state index contributed by atoms with van der Waals surface area (Å²) in [6, 6.07) is 52.2. The van der Waals surface area contributed by atoms with Crippen LogP contribution in [0.1, 0.15) is 28.3 Å². The van der Waals surface area contributed by atoms with Crippen molar-refractivity contribution in [3.05, 3.63) is 217 Å². The SMILES string of the molecule is C=C1/C=C\C(N(c2ccccc2)c2cc3sc4ccccc4c3cc2C)=C/N(c2ccc(C3=CC=CC(c4ccccc4)N3)cc2)c2ccccc21. The molecule has 0 radical (unpaired) electrons. The zero-order chi connectivity index (χ0) is 35.0. The molecule has 0 saturated heterocycles. The number of hydrogen-bond acceptors (Lipinski definition) is 4. The van der Waals surface area contributed by atoms with Crippen molar-refractivity contribution >= 4 is 65.5 Å². The third-order valence-corrected chi connectivity index (χ3v) is 11.1. The molecule has 3 heterocycles. The third-order valence-electron chi connectivity index (χ3n) is 9.93. The number of allylic oxidation sites excluding steroid dienone is 5. The molecule has 52 heavy (non-hydrogen) atoms. The van der Waals surface area contributed by atoms with E-state index in [0.29, 0.717) is 0 Å². The van der Waals surface area contributed by atoms with Crippen molar-refractivity contribution in [1.82, 2.24) is 5.32 Å². The maximum absolute atomic E-state index is 4.53. The normalized spacial score (nSPS) is 17.1. The van der Waals surface area contributed by atoms with E-state index >= 15 is 0 Å². The van der Waals surface area contributed by atoms with E-state index in [1.807, 2.05) is 11.3 Å². The molecular weight excluding hydrogens is 651 g/mol. The molecule has 250 valence electrons. The minimum absolute atomic E-state index is 0.129. The van der Waals surface area contributed by atoms with Gasteiger partial charge in [-0.25, -0.2) is 0 Å². The number of hydrogen-bond donors (Lipinski definition) is 1. The second-order valence-corrected chi connectivity index (χ2v) is 14.3. The number of aryl methyl sites for hydroxylation is 1. The molecule has 2 aliphatic heterocycles. The molecule has 1 aromatic heterocycles. The molecule has 1 N–H and O–H groups in total. The highest BCUT2D eigenvalue weighted by molar-refractivity contribution is 7.25. The molecule has 0 amide bonds. The van der Waals surface area contributed by atoms with E-state index in [2.05, 4.69) is 211 Å². The van der Waals surface area contributed by atoms with Gasteiger partial charge in [-0.2, -0.15) is 0 Å². The average molecular weight is 688 g/mol. The lowest BCUT2D eigenvalue weighted by molar-refractivity contribution is 0.764. The number of para-hydroxylation sites is 2. The smallest absolute Gasteiger partial charge is 0.0701 e. The lowest BCUT2D eigenvalue weighted by Gasteiger charge is -2.32. The Kier molecular flexibility index (Phi) is 8.15. The largest absolute Gasteiger partial charge is 0.374 e. The van der Waals surface area contributed by atoms with Gasteiger partial charge < -0.3 is 15.1 Å². The van der Waals surface area contributed by atoms with Gasteiger partial charge in [0.2, 0.25) is 0 Å². The van der Waals surface area contributed by atoms with Crippen LogP contribution in [0, 0.1) is 6.92 Å². The van der Waals surface area contributed by atoms with Crippen LogP contribution >= 0.6 is 11.3 Å². The number of dihydropyridines is 1. The first-order valence-corrected chi connectivity index (χ1v) is 18.5. The Balaban J connectivity index is 1.16. The molecule has 1 atom stereocenters. The first kappa shape index (κ1) is 31.6. The third kappa shape index (κ3) is 5.83. The van der Waals surface area contributed by atoms with E-state index < -0.39 is 0 Å². The van der Waals surface area contributed by atoms with Crippen molar-refractivity contribution in [1.29, 1.82) is 0 Å². The maximum atomic E-state index is 4.53. The van der Waals surface area contributed by atoms with Crippen molar-refractivity contribution in [2.24, 2.45) is 0 Å². The number of anilines is 4. The Bertz CT molecular complexity index is 2570. The molecular formula is C48H37N3S. The fourth-order valence-corrected chi connectivity index (χ4v) is 8.42. The zero-order valence-electron chi connectivity index (χ0n) is 28.9. The summed E-state index contributed by atoms with van der Waals surface area (Å²) in [5.74, 6) is 0. The predicted molar refractivity (Wildman–Crippen MR) is 223 cm³/mol. The van der Waals surface area contributed by atoms with Crippen molar-refractivity contribution in [3.63, 3.8) is 0 Å². The molecule has 0 bridgehead atoms. The summed E-state index contributed by atoms with van der Waals surface area (Å²) in [6.45, 7) is 6.76. The maximum Gasteiger partial charge on any atom is 0.0701 e. The van der Waals surface area contributed by atoms with E-state index in [4.69, 9.17) is 0 Å². The van der Waals surface area contributed by atoms with Crippen molar-refractivity contribution < 1.29 is 0 Å². The fourth-order valence-electron chi connectivity index (χ4n) is 7.30. The summed E-state index contributed by atoms with van der Waals surface area (Å²) in [5.41, 5.74) is 12.2. The summed E-state index contributed by atoms with van der Waals surface area (Å²) in [4.78, 5) is 4.69. The number of thiophene rings is 1. The number of fused-ring (bicyclic) bond motifs is 4. The Morgan fingerprint density at radius 3 is 2.27 bits per heavy atom. The van der Waals surface area contributed by atoms with Crippen LogP contribution < -0.4 is 15.1 Å². The molecule has 0 saturated carbocycles. The van der Waals surface area contributed by atoms with Gasteiger partial charge in [-0.15, -0.1) is 11.3 Å². The monoisotopic (exact) mass is 687 g/mol. The molecule has 0 spiro atoms. The predicted octanol–water partition coefficient (Wildman–Crippen LogP) is 13.0. The molecule has 7 aromatic rings. The van der Waals surface area contributed by atoms with Crippen molar-refractivity contribution in [3.8, 4) is 0 Å². The molecule has 3 nitrogen and oxygen atoms in total. The van der Waals surface area contributed by atoms with Crippen LogP contribution in [0.4, 0.5) is 22.7 Å². The summed E-state index contributed by atoms with van der Waals surface area (Å²) < 4.78 is 2.58. The highest BCUT2D eigenvalue weighted by Gasteiger charge is 2.23. The van der Waals surface area contributed by atoms with Crippen LogP contribution in [-0.4, -0.2) is 0 Å². The summed E-state index contributed by atoms with van der Waals surface area (Å²) in [7, 11) is 0. The van der Waals surface area contributed by atoms with E-state index in [0.717, 1.165) is 50.8 Å². The molecule has 0 fully saturated rings. The van der Waals surface area contributed by atoms with Crippen molar-refractivity contribution in [2.45, 2.75) is 13.0 Å². The molecule has 4 heteroatoms. The lowest BCUT2D eigenvalue weighted by atomic mass is 10.00. The highest BCUT2D eigenvalue weighted by Crippen LogP contribution is 2.43. The van der Waals surface area contributed by atoms with Crippen LogP contribution in [0.2, 0.25) is 0 Å². The van der Waals surface area contributed by atoms with Gasteiger partial charge in [-0.05, 0) is 89.9 Å². The Morgan fingerprint density at radius 1 is 0.712 bits per heavy atom. The summed E-state index contributed by atoms with van der Waals surface area (Å²) >= 11 is 1.85. The van der Waals surface area contributed by atoms with Crippen LogP contribution in [-0.2, 0) is 0 Å². The minimum atomic E-state index is 0.129. The van der Waals surface area contributed by atoms with Crippen LogP contribution in [0.25, 0.3) is 31.4 Å². The van der Waals surface area contributed by atoms with E-state index in [1.165, 1.54) is 31.3 Å². The fraction of sp³-hybridized carbons (Fsp3) is 0.0417. The Morgan fingerprint density at radius 2 is 1.44 bits per heavy atom. The van der Waals surface area contributed by atoms with Gasteiger partial charge in [-0.1, -0.05) is 122 Å². The van der Waals surface area contributed by atoms with Gasteiger partial charge in [0, 0.05) is 49.0 Å². The molecule has 0 aliphatic carbocycles.